The minimum absolute atomic E-state index is 0.151. The van der Waals surface area contributed by atoms with E-state index in [0.717, 1.165) is 11.1 Å². The molecule has 0 saturated heterocycles. The van der Waals surface area contributed by atoms with Crippen LogP contribution in [0.2, 0.25) is 0 Å². The summed E-state index contributed by atoms with van der Waals surface area (Å²) in [7, 11) is 0. The number of benzene rings is 1. The predicted molar refractivity (Wildman–Crippen MR) is 61.5 cm³/mol. The van der Waals surface area contributed by atoms with E-state index in [0.29, 0.717) is 17.4 Å². The molecule has 0 aliphatic rings. The third kappa shape index (κ3) is 3.21. The summed E-state index contributed by atoms with van der Waals surface area (Å²) in [6.45, 7) is 0.450. The summed E-state index contributed by atoms with van der Waals surface area (Å²) in [6.07, 6.45) is 0.726. The SMILES string of the molecule is NCCc1cc(CC(N)=O)c(Br)cc1O. The van der Waals surface area contributed by atoms with Gasteiger partial charge >= 0.3 is 0 Å². The van der Waals surface area contributed by atoms with Crippen LogP contribution in [-0.2, 0) is 17.6 Å². The maximum Gasteiger partial charge on any atom is 0.221 e. The van der Waals surface area contributed by atoms with E-state index in [-0.39, 0.29) is 12.2 Å². The lowest BCUT2D eigenvalue weighted by atomic mass is 10.0. The van der Waals surface area contributed by atoms with Gasteiger partial charge in [0.1, 0.15) is 5.75 Å². The number of amides is 1. The first-order chi connectivity index (χ1) is 7.04. The lowest BCUT2D eigenvalue weighted by Crippen LogP contribution is -2.14. The number of hydrogen-bond acceptors (Lipinski definition) is 3. The molecule has 0 radical (unpaired) electrons. The van der Waals surface area contributed by atoms with Crippen molar-refractivity contribution in [3.63, 3.8) is 0 Å². The molecule has 1 rings (SSSR count). The molecule has 0 aliphatic heterocycles. The van der Waals surface area contributed by atoms with Crippen molar-refractivity contribution in [3.05, 3.63) is 27.7 Å². The second-order valence-corrected chi connectivity index (χ2v) is 4.11. The monoisotopic (exact) mass is 272 g/mol. The average Bonchev–Trinajstić information content (AvgIpc) is 2.12. The van der Waals surface area contributed by atoms with Crippen LogP contribution in [-0.4, -0.2) is 17.6 Å². The van der Waals surface area contributed by atoms with Crippen molar-refractivity contribution in [3.8, 4) is 5.75 Å². The van der Waals surface area contributed by atoms with Crippen LogP contribution in [0.5, 0.6) is 5.75 Å². The minimum Gasteiger partial charge on any atom is -0.508 e. The molecule has 15 heavy (non-hydrogen) atoms. The number of aromatic hydroxyl groups is 1. The molecule has 4 nitrogen and oxygen atoms in total. The first-order valence-corrected chi connectivity index (χ1v) is 5.32. The fourth-order valence-corrected chi connectivity index (χ4v) is 1.81. The van der Waals surface area contributed by atoms with Gasteiger partial charge in [-0.2, -0.15) is 0 Å². The Kier molecular flexibility index (Phi) is 4.11. The van der Waals surface area contributed by atoms with Gasteiger partial charge < -0.3 is 16.6 Å². The maximum atomic E-state index is 10.8. The number of primary amides is 1. The third-order valence-corrected chi connectivity index (χ3v) is 2.76. The predicted octanol–water partition coefficient (Wildman–Crippen LogP) is 0.684. The van der Waals surface area contributed by atoms with E-state index in [1.54, 1.807) is 12.1 Å². The molecule has 0 bridgehead atoms. The highest BCUT2D eigenvalue weighted by atomic mass is 79.9. The Balaban J connectivity index is 3.05. The topological polar surface area (TPSA) is 89.3 Å². The summed E-state index contributed by atoms with van der Waals surface area (Å²) < 4.78 is 0.680. The number of carbonyl (C=O) groups excluding carboxylic acids is 1. The molecular weight excluding hydrogens is 260 g/mol. The number of rotatable bonds is 4. The van der Waals surface area contributed by atoms with Crippen LogP contribution in [0.15, 0.2) is 16.6 Å². The van der Waals surface area contributed by atoms with Crippen LogP contribution in [0.1, 0.15) is 11.1 Å². The molecule has 0 fully saturated rings. The Morgan fingerprint density at radius 1 is 1.40 bits per heavy atom. The van der Waals surface area contributed by atoms with Crippen molar-refractivity contribution >= 4 is 21.8 Å². The smallest absolute Gasteiger partial charge is 0.221 e. The standard InChI is InChI=1S/C10H13BrN2O2/c11-8-5-9(14)6(1-2-12)3-7(8)4-10(13)15/h3,5,14H,1-2,4,12H2,(H2,13,15). The van der Waals surface area contributed by atoms with E-state index < -0.39 is 5.91 Å². The highest BCUT2D eigenvalue weighted by Gasteiger charge is 2.09. The number of nitrogens with two attached hydrogens (primary N) is 2. The maximum absolute atomic E-state index is 10.8. The van der Waals surface area contributed by atoms with E-state index in [4.69, 9.17) is 11.5 Å². The van der Waals surface area contributed by atoms with Crippen LogP contribution in [0, 0.1) is 0 Å². The quantitative estimate of drug-likeness (QED) is 0.753. The third-order valence-electron chi connectivity index (χ3n) is 2.03. The van der Waals surface area contributed by atoms with E-state index in [2.05, 4.69) is 15.9 Å². The molecule has 1 amide bonds. The van der Waals surface area contributed by atoms with Crippen LogP contribution in [0.25, 0.3) is 0 Å². The van der Waals surface area contributed by atoms with Crippen molar-refractivity contribution in [2.24, 2.45) is 11.5 Å². The van der Waals surface area contributed by atoms with E-state index in [9.17, 15) is 9.90 Å². The van der Waals surface area contributed by atoms with Gasteiger partial charge in [-0.1, -0.05) is 22.0 Å². The molecule has 1 aromatic rings. The Bertz CT molecular complexity index is 380. The van der Waals surface area contributed by atoms with Crippen LogP contribution in [0.4, 0.5) is 0 Å². The molecule has 0 unspecified atom stereocenters. The second kappa shape index (κ2) is 5.14. The molecule has 0 heterocycles. The molecule has 1 aromatic carbocycles. The average molecular weight is 273 g/mol. The van der Waals surface area contributed by atoms with Gasteiger partial charge in [0, 0.05) is 4.47 Å². The zero-order chi connectivity index (χ0) is 11.4. The summed E-state index contributed by atoms with van der Waals surface area (Å²) >= 11 is 3.26. The molecule has 82 valence electrons. The summed E-state index contributed by atoms with van der Waals surface area (Å²) in [5.41, 5.74) is 12.0. The van der Waals surface area contributed by atoms with Gasteiger partial charge in [-0.25, -0.2) is 0 Å². The van der Waals surface area contributed by atoms with Gasteiger partial charge in [-0.3, -0.25) is 4.79 Å². The summed E-state index contributed by atoms with van der Waals surface area (Å²) in [5.74, 6) is -0.222. The number of carbonyl (C=O) groups is 1. The molecule has 5 N–H and O–H groups in total. The van der Waals surface area contributed by atoms with Crippen LogP contribution >= 0.6 is 15.9 Å². The van der Waals surface area contributed by atoms with Gasteiger partial charge in [-0.05, 0) is 30.2 Å². The number of hydrogen-bond donors (Lipinski definition) is 3. The Hall–Kier alpha value is -1.07. The fraction of sp³-hybridized carbons (Fsp3) is 0.300. The van der Waals surface area contributed by atoms with Gasteiger partial charge in [0.05, 0.1) is 6.42 Å². The van der Waals surface area contributed by atoms with Gasteiger partial charge in [-0.15, -0.1) is 0 Å². The zero-order valence-corrected chi connectivity index (χ0v) is 9.75. The van der Waals surface area contributed by atoms with Crippen LogP contribution in [0.3, 0.4) is 0 Å². The first-order valence-electron chi connectivity index (χ1n) is 4.53. The van der Waals surface area contributed by atoms with Crippen molar-refractivity contribution in [1.82, 2.24) is 0 Å². The molecular formula is C10H13BrN2O2. The fourth-order valence-electron chi connectivity index (χ4n) is 1.34. The lowest BCUT2D eigenvalue weighted by molar-refractivity contribution is -0.117. The normalized spacial score (nSPS) is 10.3. The van der Waals surface area contributed by atoms with Crippen molar-refractivity contribution < 1.29 is 9.90 Å². The van der Waals surface area contributed by atoms with Crippen LogP contribution < -0.4 is 11.5 Å². The van der Waals surface area contributed by atoms with E-state index in [1.807, 2.05) is 0 Å². The molecule has 0 atom stereocenters. The molecule has 0 aliphatic carbocycles. The van der Waals surface area contributed by atoms with Crippen molar-refractivity contribution in [1.29, 1.82) is 0 Å². The number of phenols is 1. The Labute approximate surface area is 96.4 Å². The lowest BCUT2D eigenvalue weighted by Gasteiger charge is -2.08. The van der Waals surface area contributed by atoms with Gasteiger partial charge in [0.25, 0.3) is 0 Å². The van der Waals surface area contributed by atoms with E-state index >= 15 is 0 Å². The first kappa shape index (κ1) is 12.0. The van der Waals surface area contributed by atoms with Crippen molar-refractivity contribution in [2.75, 3.05) is 6.54 Å². The van der Waals surface area contributed by atoms with Gasteiger partial charge in [0.2, 0.25) is 5.91 Å². The van der Waals surface area contributed by atoms with Gasteiger partial charge in [0.15, 0.2) is 0 Å². The summed E-state index contributed by atoms with van der Waals surface area (Å²) in [5, 5.41) is 9.58. The summed E-state index contributed by atoms with van der Waals surface area (Å²) in [4.78, 5) is 10.8. The molecule has 5 heteroatoms. The number of halogens is 1. The minimum atomic E-state index is -0.403. The van der Waals surface area contributed by atoms with E-state index in [1.165, 1.54) is 0 Å². The second-order valence-electron chi connectivity index (χ2n) is 3.25. The Morgan fingerprint density at radius 2 is 2.07 bits per heavy atom. The Morgan fingerprint density at radius 3 is 2.60 bits per heavy atom. The van der Waals surface area contributed by atoms with Crippen molar-refractivity contribution in [2.45, 2.75) is 12.8 Å². The molecule has 0 spiro atoms. The highest BCUT2D eigenvalue weighted by molar-refractivity contribution is 9.10. The zero-order valence-electron chi connectivity index (χ0n) is 8.16. The molecule has 0 saturated carbocycles. The molecule has 0 aromatic heterocycles. The largest absolute Gasteiger partial charge is 0.508 e. The highest BCUT2D eigenvalue weighted by Crippen LogP contribution is 2.27. The summed E-state index contributed by atoms with van der Waals surface area (Å²) in [6, 6.07) is 3.31. The number of phenolic OH excluding ortho intramolecular Hbond substituents is 1.